The van der Waals surface area contributed by atoms with E-state index in [0.29, 0.717) is 46.0 Å². The van der Waals surface area contributed by atoms with Crippen LogP contribution in [0.25, 0.3) is 0 Å². The Morgan fingerprint density at radius 2 is 2.00 bits per heavy atom. The Balaban J connectivity index is 1.78. The minimum absolute atomic E-state index is 0.336. The molecule has 0 fully saturated rings. The second-order valence-electron chi connectivity index (χ2n) is 4.74. The van der Waals surface area contributed by atoms with Crippen molar-refractivity contribution in [3.8, 4) is 11.5 Å². The van der Waals surface area contributed by atoms with Gasteiger partial charge < -0.3 is 14.2 Å². The van der Waals surface area contributed by atoms with Gasteiger partial charge in [-0.2, -0.15) is 0 Å². The highest BCUT2D eigenvalue weighted by molar-refractivity contribution is 7.17. The number of amides is 1. The monoisotopic (exact) mass is 334 g/mol. The molecule has 0 bridgehead atoms. The summed E-state index contributed by atoms with van der Waals surface area (Å²) in [5.41, 5.74) is 0.932. The number of rotatable bonds is 3. The van der Waals surface area contributed by atoms with E-state index < -0.39 is 5.97 Å². The smallest absolute Gasteiger partial charge is 0.350 e. The molecule has 0 unspecified atom stereocenters. The van der Waals surface area contributed by atoms with Crippen LogP contribution in [0.15, 0.2) is 18.2 Å². The lowest BCUT2D eigenvalue weighted by Crippen LogP contribution is -2.17. The van der Waals surface area contributed by atoms with Crippen LogP contribution in [0.2, 0.25) is 0 Å². The predicted octanol–water partition coefficient (Wildman–Crippen LogP) is 2.26. The molecule has 2 aromatic rings. The van der Waals surface area contributed by atoms with Crippen LogP contribution in [-0.2, 0) is 4.74 Å². The number of carbonyl (C=O) groups excluding carboxylic acids is 2. The van der Waals surface area contributed by atoms with Crippen LogP contribution < -0.4 is 14.8 Å². The molecule has 120 valence electrons. The Kier molecular flexibility index (Phi) is 4.16. The maximum absolute atomic E-state index is 12.3. The topological polar surface area (TPSA) is 86.8 Å². The third-order valence-electron chi connectivity index (χ3n) is 3.19. The fourth-order valence-corrected chi connectivity index (χ4v) is 2.97. The Labute approximate surface area is 136 Å². The molecular weight excluding hydrogens is 320 g/mol. The van der Waals surface area contributed by atoms with Gasteiger partial charge >= 0.3 is 5.97 Å². The van der Waals surface area contributed by atoms with Crippen molar-refractivity contribution >= 4 is 28.3 Å². The van der Waals surface area contributed by atoms with Crippen molar-refractivity contribution in [2.45, 2.75) is 6.92 Å². The molecule has 3 rings (SSSR count). The van der Waals surface area contributed by atoms with E-state index in [1.165, 1.54) is 7.11 Å². The maximum atomic E-state index is 12.3. The summed E-state index contributed by atoms with van der Waals surface area (Å²) in [5.74, 6) is 0.340. The fraction of sp³-hybridized carbons (Fsp3) is 0.267. The molecule has 1 aromatic carbocycles. The number of carbonyl (C=O) groups is 2. The Hall–Kier alpha value is -2.61. The zero-order valence-corrected chi connectivity index (χ0v) is 13.4. The molecule has 0 aliphatic carbocycles. The number of esters is 1. The van der Waals surface area contributed by atoms with Gasteiger partial charge in [0.2, 0.25) is 0 Å². The van der Waals surface area contributed by atoms with Crippen molar-refractivity contribution in [2.24, 2.45) is 0 Å². The summed E-state index contributed by atoms with van der Waals surface area (Å²) in [6.07, 6.45) is 0. The standard InChI is InChI=1S/C15H14N2O5S/c1-8-12(14(19)20-2)23-15(16-8)17-13(18)9-3-4-10-11(7-9)22-6-5-21-10/h3-4,7H,5-6H2,1-2H3,(H,16,17,18). The first-order chi connectivity index (χ1) is 11.1. The molecule has 1 aliphatic heterocycles. The number of thiazole rings is 1. The Morgan fingerprint density at radius 1 is 1.26 bits per heavy atom. The normalized spacial score (nSPS) is 12.6. The molecule has 1 N–H and O–H groups in total. The minimum atomic E-state index is -0.472. The SMILES string of the molecule is COC(=O)c1sc(NC(=O)c2ccc3c(c2)OCCO3)nc1C. The number of ether oxygens (including phenoxy) is 3. The molecule has 0 atom stereocenters. The zero-order chi connectivity index (χ0) is 16.4. The lowest BCUT2D eigenvalue weighted by Gasteiger charge is -2.18. The van der Waals surface area contributed by atoms with E-state index in [1.54, 1.807) is 25.1 Å². The average Bonchev–Trinajstić information content (AvgIpc) is 2.94. The van der Waals surface area contributed by atoms with Crippen molar-refractivity contribution in [2.75, 3.05) is 25.6 Å². The number of aryl methyl sites for hydroxylation is 1. The van der Waals surface area contributed by atoms with Crippen LogP contribution in [0.4, 0.5) is 5.13 Å². The van der Waals surface area contributed by atoms with Gasteiger partial charge in [0.25, 0.3) is 5.91 Å². The summed E-state index contributed by atoms with van der Waals surface area (Å²) >= 11 is 1.07. The second kappa shape index (κ2) is 6.25. The number of aromatic nitrogens is 1. The Morgan fingerprint density at radius 3 is 2.74 bits per heavy atom. The van der Waals surface area contributed by atoms with Crippen molar-refractivity contribution in [3.63, 3.8) is 0 Å². The highest BCUT2D eigenvalue weighted by Gasteiger charge is 2.19. The first-order valence-corrected chi connectivity index (χ1v) is 7.67. The largest absolute Gasteiger partial charge is 0.486 e. The maximum Gasteiger partial charge on any atom is 0.350 e. The van der Waals surface area contributed by atoms with Gasteiger partial charge in [0.15, 0.2) is 16.6 Å². The van der Waals surface area contributed by atoms with Gasteiger partial charge in [0.05, 0.1) is 12.8 Å². The molecule has 0 saturated carbocycles. The van der Waals surface area contributed by atoms with Crippen LogP contribution in [0.5, 0.6) is 11.5 Å². The lowest BCUT2D eigenvalue weighted by atomic mass is 10.2. The molecule has 1 aromatic heterocycles. The molecular formula is C15H14N2O5S. The van der Waals surface area contributed by atoms with E-state index in [0.717, 1.165) is 11.3 Å². The van der Waals surface area contributed by atoms with Crippen molar-refractivity contribution in [3.05, 3.63) is 34.3 Å². The van der Waals surface area contributed by atoms with E-state index in [-0.39, 0.29) is 5.91 Å². The van der Waals surface area contributed by atoms with Gasteiger partial charge in [-0.15, -0.1) is 0 Å². The van der Waals surface area contributed by atoms with Gasteiger partial charge in [-0.3, -0.25) is 10.1 Å². The third kappa shape index (κ3) is 3.11. The van der Waals surface area contributed by atoms with E-state index >= 15 is 0 Å². The summed E-state index contributed by atoms with van der Waals surface area (Å²) in [4.78, 5) is 28.4. The quantitative estimate of drug-likeness (QED) is 0.867. The van der Waals surface area contributed by atoms with E-state index in [4.69, 9.17) is 9.47 Å². The second-order valence-corrected chi connectivity index (χ2v) is 5.74. The molecule has 2 heterocycles. The number of nitrogens with zero attached hydrogens (tertiary/aromatic N) is 1. The lowest BCUT2D eigenvalue weighted by molar-refractivity contribution is 0.0605. The number of hydrogen-bond donors (Lipinski definition) is 1. The predicted molar refractivity (Wildman–Crippen MR) is 83.6 cm³/mol. The van der Waals surface area contributed by atoms with Crippen molar-refractivity contribution in [1.82, 2.24) is 4.98 Å². The number of anilines is 1. The highest BCUT2D eigenvalue weighted by Crippen LogP contribution is 2.31. The molecule has 1 aliphatic rings. The summed E-state index contributed by atoms with van der Waals surface area (Å²) in [7, 11) is 1.30. The van der Waals surface area contributed by atoms with Gasteiger partial charge in [0.1, 0.15) is 18.1 Å². The molecule has 0 saturated heterocycles. The number of hydrogen-bond acceptors (Lipinski definition) is 7. The number of nitrogens with one attached hydrogen (secondary N) is 1. The highest BCUT2D eigenvalue weighted by atomic mass is 32.1. The molecule has 0 radical (unpaired) electrons. The molecule has 8 heteroatoms. The van der Waals surface area contributed by atoms with Crippen LogP contribution in [0.1, 0.15) is 25.7 Å². The van der Waals surface area contributed by atoms with Crippen LogP contribution >= 0.6 is 11.3 Å². The van der Waals surface area contributed by atoms with Gasteiger partial charge in [-0.05, 0) is 25.1 Å². The number of methoxy groups -OCH3 is 1. The summed E-state index contributed by atoms with van der Waals surface area (Å²) in [5, 5.41) is 3.01. The van der Waals surface area contributed by atoms with Crippen molar-refractivity contribution < 1.29 is 23.8 Å². The van der Waals surface area contributed by atoms with Crippen LogP contribution in [-0.4, -0.2) is 37.2 Å². The summed E-state index contributed by atoms with van der Waals surface area (Å²) in [6, 6.07) is 4.95. The van der Waals surface area contributed by atoms with Crippen LogP contribution in [0, 0.1) is 6.92 Å². The molecule has 1 amide bonds. The first kappa shape index (κ1) is 15.3. The summed E-state index contributed by atoms with van der Waals surface area (Å²) in [6.45, 7) is 2.63. The Bertz CT molecular complexity index is 771. The van der Waals surface area contributed by atoms with E-state index in [1.807, 2.05) is 0 Å². The number of fused-ring (bicyclic) bond motifs is 1. The fourth-order valence-electron chi connectivity index (χ4n) is 2.09. The van der Waals surface area contributed by atoms with Gasteiger partial charge in [-0.25, -0.2) is 9.78 Å². The van der Waals surface area contributed by atoms with Crippen molar-refractivity contribution in [1.29, 1.82) is 0 Å². The zero-order valence-electron chi connectivity index (χ0n) is 12.5. The van der Waals surface area contributed by atoms with Crippen LogP contribution in [0.3, 0.4) is 0 Å². The van der Waals surface area contributed by atoms with Gasteiger partial charge in [0, 0.05) is 5.56 Å². The average molecular weight is 334 g/mol. The first-order valence-electron chi connectivity index (χ1n) is 6.85. The van der Waals surface area contributed by atoms with E-state index in [2.05, 4.69) is 15.0 Å². The molecule has 7 nitrogen and oxygen atoms in total. The molecule has 0 spiro atoms. The van der Waals surface area contributed by atoms with Gasteiger partial charge in [-0.1, -0.05) is 11.3 Å². The minimum Gasteiger partial charge on any atom is -0.486 e. The van der Waals surface area contributed by atoms with E-state index in [9.17, 15) is 9.59 Å². The number of benzene rings is 1. The third-order valence-corrected chi connectivity index (χ3v) is 4.25. The molecule has 23 heavy (non-hydrogen) atoms. The summed E-state index contributed by atoms with van der Waals surface area (Å²) < 4.78 is 15.5.